The number of carbonyl (C=O) groups excluding carboxylic acids is 1. The zero-order chi connectivity index (χ0) is 18.1. The predicted octanol–water partition coefficient (Wildman–Crippen LogP) is 5.58. The van der Waals surface area contributed by atoms with Crippen LogP contribution in [0, 0.1) is 0 Å². The number of anilines is 1. The third-order valence-corrected chi connectivity index (χ3v) is 5.24. The van der Waals surface area contributed by atoms with Crippen LogP contribution in [0.2, 0.25) is 0 Å². The predicted molar refractivity (Wildman–Crippen MR) is 106 cm³/mol. The van der Waals surface area contributed by atoms with Crippen molar-refractivity contribution in [3.05, 3.63) is 64.8 Å². The molecule has 130 valence electrons. The number of ether oxygens (including phenoxy) is 1. The topological polar surface area (TPSA) is 64.4 Å². The number of aromatic nitrogens is 1. The Labute approximate surface area is 161 Å². The number of hydrogen-bond acceptors (Lipinski definition) is 5. The SMILES string of the molecule is COc1ccc2nc(NC(=O)c3ccc(-c4ccc(Br)cc4)o3)sc2c1. The molecule has 0 unspecified atom stereocenters. The molecule has 0 fully saturated rings. The van der Waals surface area contributed by atoms with Crippen LogP contribution in [-0.2, 0) is 0 Å². The molecule has 0 spiro atoms. The summed E-state index contributed by atoms with van der Waals surface area (Å²) >= 11 is 4.78. The van der Waals surface area contributed by atoms with E-state index in [2.05, 4.69) is 26.2 Å². The van der Waals surface area contributed by atoms with Gasteiger partial charge in [-0.2, -0.15) is 0 Å². The first-order chi connectivity index (χ1) is 12.6. The lowest BCUT2D eigenvalue weighted by atomic mass is 10.2. The molecular weight excluding hydrogens is 416 g/mol. The Hall–Kier alpha value is -2.64. The number of nitrogens with one attached hydrogen (secondary N) is 1. The van der Waals surface area contributed by atoms with E-state index >= 15 is 0 Å². The summed E-state index contributed by atoms with van der Waals surface area (Å²) in [4.78, 5) is 16.9. The van der Waals surface area contributed by atoms with Crippen LogP contribution in [0.25, 0.3) is 21.5 Å². The molecule has 0 radical (unpaired) electrons. The zero-order valence-corrected chi connectivity index (χ0v) is 16.1. The molecule has 5 nitrogen and oxygen atoms in total. The molecule has 0 saturated heterocycles. The second-order valence-electron chi connectivity index (χ2n) is 5.48. The third kappa shape index (κ3) is 3.36. The van der Waals surface area contributed by atoms with Gasteiger partial charge in [-0.15, -0.1) is 0 Å². The van der Waals surface area contributed by atoms with Crippen LogP contribution in [0.15, 0.2) is 63.5 Å². The first-order valence-corrected chi connectivity index (χ1v) is 9.35. The van der Waals surface area contributed by atoms with Crippen molar-refractivity contribution < 1.29 is 13.9 Å². The van der Waals surface area contributed by atoms with Crippen molar-refractivity contribution >= 4 is 48.5 Å². The number of fused-ring (bicyclic) bond motifs is 1. The smallest absolute Gasteiger partial charge is 0.293 e. The Morgan fingerprint density at radius 3 is 2.73 bits per heavy atom. The number of hydrogen-bond donors (Lipinski definition) is 1. The molecule has 0 aliphatic rings. The summed E-state index contributed by atoms with van der Waals surface area (Å²) in [5.41, 5.74) is 1.71. The fraction of sp³-hybridized carbons (Fsp3) is 0.0526. The van der Waals surface area contributed by atoms with Crippen LogP contribution in [-0.4, -0.2) is 18.0 Å². The summed E-state index contributed by atoms with van der Waals surface area (Å²) < 4.78 is 12.8. The molecule has 2 heterocycles. The van der Waals surface area contributed by atoms with Gasteiger partial charge in [0.25, 0.3) is 5.91 Å². The molecular formula is C19H13BrN2O3S. The number of thiazole rings is 1. The average molecular weight is 429 g/mol. The average Bonchev–Trinajstić information content (AvgIpc) is 3.28. The Bertz CT molecular complexity index is 1090. The molecule has 4 rings (SSSR count). The highest BCUT2D eigenvalue weighted by Gasteiger charge is 2.15. The Morgan fingerprint density at radius 1 is 1.15 bits per heavy atom. The minimum atomic E-state index is -0.334. The van der Waals surface area contributed by atoms with Crippen LogP contribution in [0.1, 0.15) is 10.6 Å². The normalized spacial score (nSPS) is 10.8. The summed E-state index contributed by atoms with van der Waals surface area (Å²) in [5, 5.41) is 3.30. The minimum Gasteiger partial charge on any atom is -0.497 e. The number of halogens is 1. The lowest BCUT2D eigenvalue weighted by Gasteiger charge is -1.99. The Morgan fingerprint density at radius 2 is 1.96 bits per heavy atom. The van der Waals surface area contributed by atoms with Gasteiger partial charge in [0.2, 0.25) is 0 Å². The largest absolute Gasteiger partial charge is 0.497 e. The van der Waals surface area contributed by atoms with Gasteiger partial charge in [0.05, 0.1) is 17.3 Å². The van der Waals surface area contributed by atoms with Crippen molar-refractivity contribution in [2.45, 2.75) is 0 Å². The van der Waals surface area contributed by atoms with E-state index in [9.17, 15) is 4.79 Å². The van der Waals surface area contributed by atoms with Crippen molar-refractivity contribution in [3.8, 4) is 17.1 Å². The summed E-state index contributed by atoms with van der Waals surface area (Å²) in [5.74, 6) is 1.29. The highest BCUT2D eigenvalue weighted by molar-refractivity contribution is 9.10. The van der Waals surface area contributed by atoms with Crippen molar-refractivity contribution in [1.29, 1.82) is 0 Å². The molecule has 4 aromatic rings. The van der Waals surface area contributed by atoms with Crippen molar-refractivity contribution in [3.63, 3.8) is 0 Å². The molecule has 0 aliphatic carbocycles. The highest BCUT2D eigenvalue weighted by Crippen LogP contribution is 2.30. The Balaban J connectivity index is 1.54. The molecule has 0 aliphatic heterocycles. The van der Waals surface area contributed by atoms with E-state index in [4.69, 9.17) is 9.15 Å². The van der Waals surface area contributed by atoms with Crippen molar-refractivity contribution in [1.82, 2.24) is 4.98 Å². The van der Waals surface area contributed by atoms with Gasteiger partial charge in [-0.05, 0) is 42.5 Å². The van der Waals surface area contributed by atoms with Crippen LogP contribution >= 0.6 is 27.3 Å². The highest BCUT2D eigenvalue weighted by atomic mass is 79.9. The number of benzene rings is 2. The third-order valence-electron chi connectivity index (χ3n) is 3.77. The molecule has 1 N–H and O–H groups in total. The van der Waals surface area contributed by atoms with Gasteiger partial charge < -0.3 is 9.15 Å². The van der Waals surface area contributed by atoms with Gasteiger partial charge in [-0.3, -0.25) is 10.1 Å². The second-order valence-corrected chi connectivity index (χ2v) is 7.42. The fourth-order valence-corrected chi connectivity index (χ4v) is 3.63. The molecule has 0 atom stereocenters. The summed E-state index contributed by atoms with van der Waals surface area (Å²) in [6.07, 6.45) is 0. The van der Waals surface area contributed by atoms with E-state index in [-0.39, 0.29) is 11.7 Å². The van der Waals surface area contributed by atoms with E-state index < -0.39 is 0 Å². The monoisotopic (exact) mass is 428 g/mol. The number of nitrogens with zero attached hydrogens (tertiary/aromatic N) is 1. The number of carbonyl (C=O) groups is 1. The van der Waals surface area contributed by atoms with Gasteiger partial charge >= 0.3 is 0 Å². The van der Waals surface area contributed by atoms with Crippen molar-refractivity contribution in [2.24, 2.45) is 0 Å². The number of amides is 1. The van der Waals surface area contributed by atoms with Crippen LogP contribution < -0.4 is 10.1 Å². The maximum atomic E-state index is 12.4. The molecule has 0 bridgehead atoms. The minimum absolute atomic E-state index is 0.236. The summed E-state index contributed by atoms with van der Waals surface area (Å²) in [7, 11) is 1.62. The van der Waals surface area contributed by atoms with E-state index in [1.807, 2.05) is 42.5 Å². The maximum Gasteiger partial charge on any atom is 0.293 e. The van der Waals surface area contributed by atoms with Crippen molar-refractivity contribution in [2.75, 3.05) is 12.4 Å². The molecule has 2 aromatic heterocycles. The first kappa shape index (κ1) is 16.8. The molecule has 0 saturated carbocycles. The standard InChI is InChI=1S/C19H13BrN2O3S/c1-24-13-6-7-14-17(10-13)26-19(21-14)22-18(23)16-9-8-15(25-16)11-2-4-12(20)5-3-11/h2-10H,1H3,(H,21,22,23). The van der Waals surface area contributed by atoms with Crippen LogP contribution in [0.3, 0.4) is 0 Å². The van der Waals surface area contributed by atoms with E-state index in [0.717, 1.165) is 26.0 Å². The summed E-state index contributed by atoms with van der Waals surface area (Å²) in [6.45, 7) is 0. The molecule has 7 heteroatoms. The van der Waals surface area contributed by atoms with Gasteiger partial charge in [-0.25, -0.2) is 4.98 Å². The lowest BCUT2D eigenvalue weighted by molar-refractivity contribution is 0.0997. The number of rotatable bonds is 4. The van der Waals surface area contributed by atoms with Gasteiger partial charge in [0.1, 0.15) is 11.5 Å². The van der Waals surface area contributed by atoms with E-state index in [0.29, 0.717) is 10.9 Å². The zero-order valence-electron chi connectivity index (χ0n) is 13.7. The van der Waals surface area contributed by atoms with Crippen LogP contribution in [0.4, 0.5) is 5.13 Å². The number of furan rings is 1. The first-order valence-electron chi connectivity index (χ1n) is 7.74. The molecule has 2 aromatic carbocycles. The summed E-state index contributed by atoms with van der Waals surface area (Å²) in [6, 6.07) is 16.7. The van der Waals surface area contributed by atoms with E-state index in [1.54, 1.807) is 19.2 Å². The Kier molecular flexibility index (Phi) is 4.48. The van der Waals surface area contributed by atoms with E-state index in [1.165, 1.54) is 11.3 Å². The molecule has 26 heavy (non-hydrogen) atoms. The molecule has 1 amide bonds. The van der Waals surface area contributed by atoms with Gasteiger partial charge in [0.15, 0.2) is 10.9 Å². The van der Waals surface area contributed by atoms with Gasteiger partial charge in [-0.1, -0.05) is 39.4 Å². The number of methoxy groups -OCH3 is 1. The fourth-order valence-electron chi connectivity index (χ4n) is 2.47. The lowest BCUT2D eigenvalue weighted by Crippen LogP contribution is -2.10. The van der Waals surface area contributed by atoms with Gasteiger partial charge in [0, 0.05) is 10.0 Å². The maximum absolute atomic E-state index is 12.4. The quantitative estimate of drug-likeness (QED) is 0.460. The second kappa shape index (κ2) is 6.93. The van der Waals surface area contributed by atoms with Crippen LogP contribution in [0.5, 0.6) is 5.75 Å².